The van der Waals surface area contributed by atoms with Gasteiger partial charge in [0, 0.05) is 6.54 Å². The molecule has 3 N–H and O–H groups in total. The monoisotopic (exact) mass is 242 g/mol. The highest BCUT2D eigenvalue weighted by Gasteiger charge is 2.23. The summed E-state index contributed by atoms with van der Waals surface area (Å²) in [5, 5.41) is 14.2. The van der Waals surface area contributed by atoms with Gasteiger partial charge in [-0.1, -0.05) is 26.7 Å². The molecular formula is C12H22N2O3. The summed E-state index contributed by atoms with van der Waals surface area (Å²) in [6, 6.07) is -1.20. The average molecular weight is 242 g/mol. The van der Waals surface area contributed by atoms with Crippen LogP contribution in [0, 0.1) is 11.8 Å². The number of carbonyl (C=O) groups excluding carboxylic acids is 1. The molecule has 5 nitrogen and oxygen atoms in total. The van der Waals surface area contributed by atoms with Gasteiger partial charge in [0.2, 0.25) is 0 Å². The molecule has 1 fully saturated rings. The lowest BCUT2D eigenvalue weighted by molar-refractivity contribution is -0.140. The highest BCUT2D eigenvalue weighted by molar-refractivity contribution is 5.82. The zero-order valence-corrected chi connectivity index (χ0v) is 10.5. The largest absolute Gasteiger partial charge is 0.480 e. The van der Waals surface area contributed by atoms with Crippen LogP contribution >= 0.6 is 0 Å². The fourth-order valence-electron chi connectivity index (χ4n) is 2.16. The predicted molar refractivity (Wildman–Crippen MR) is 64.8 cm³/mol. The van der Waals surface area contributed by atoms with E-state index in [1.54, 1.807) is 13.8 Å². The quantitative estimate of drug-likeness (QED) is 0.685. The molecular weight excluding hydrogens is 220 g/mol. The molecule has 0 heterocycles. The first-order chi connectivity index (χ1) is 8.00. The first-order valence-corrected chi connectivity index (χ1v) is 6.28. The Balaban J connectivity index is 2.29. The van der Waals surface area contributed by atoms with E-state index in [0.29, 0.717) is 12.5 Å². The molecule has 98 valence electrons. The van der Waals surface area contributed by atoms with Gasteiger partial charge >= 0.3 is 12.0 Å². The number of carbonyl (C=O) groups is 2. The molecule has 2 amide bonds. The second kappa shape index (κ2) is 6.47. The van der Waals surface area contributed by atoms with Crippen molar-refractivity contribution < 1.29 is 14.7 Å². The second-order valence-corrected chi connectivity index (χ2v) is 5.06. The van der Waals surface area contributed by atoms with Gasteiger partial charge in [-0.25, -0.2) is 9.59 Å². The Morgan fingerprint density at radius 3 is 2.35 bits per heavy atom. The summed E-state index contributed by atoms with van der Waals surface area (Å²) >= 11 is 0. The summed E-state index contributed by atoms with van der Waals surface area (Å²) in [7, 11) is 0. The second-order valence-electron chi connectivity index (χ2n) is 5.06. The van der Waals surface area contributed by atoms with Crippen LogP contribution in [0.1, 0.15) is 39.5 Å². The van der Waals surface area contributed by atoms with Crippen molar-refractivity contribution in [3.63, 3.8) is 0 Å². The predicted octanol–water partition coefficient (Wildman–Crippen LogP) is 1.58. The summed E-state index contributed by atoms with van der Waals surface area (Å²) in [6.07, 6.45) is 4.79. The molecule has 5 heteroatoms. The van der Waals surface area contributed by atoms with Crippen LogP contribution in [-0.2, 0) is 4.79 Å². The summed E-state index contributed by atoms with van der Waals surface area (Å²) in [5.41, 5.74) is 0. The molecule has 1 rings (SSSR count). The minimum atomic E-state index is -0.990. The lowest BCUT2D eigenvalue weighted by atomic mass is 10.1. The molecule has 1 saturated carbocycles. The van der Waals surface area contributed by atoms with Crippen molar-refractivity contribution in [3.05, 3.63) is 0 Å². The van der Waals surface area contributed by atoms with Crippen LogP contribution in [0.4, 0.5) is 4.79 Å². The Morgan fingerprint density at radius 1 is 1.29 bits per heavy atom. The molecule has 1 aliphatic rings. The Morgan fingerprint density at radius 2 is 1.88 bits per heavy atom. The van der Waals surface area contributed by atoms with E-state index < -0.39 is 12.0 Å². The van der Waals surface area contributed by atoms with Gasteiger partial charge in [-0.05, 0) is 24.7 Å². The molecule has 0 aromatic rings. The van der Waals surface area contributed by atoms with Crippen molar-refractivity contribution in [1.82, 2.24) is 10.6 Å². The maximum atomic E-state index is 11.5. The molecule has 0 saturated heterocycles. The maximum Gasteiger partial charge on any atom is 0.326 e. The zero-order valence-electron chi connectivity index (χ0n) is 10.5. The fourth-order valence-corrected chi connectivity index (χ4v) is 2.16. The Kier molecular flexibility index (Phi) is 5.25. The normalized spacial score (nSPS) is 18.1. The minimum absolute atomic E-state index is 0.121. The number of hydrogen-bond acceptors (Lipinski definition) is 2. The molecule has 0 aromatic heterocycles. The number of amides is 2. The zero-order chi connectivity index (χ0) is 12.8. The van der Waals surface area contributed by atoms with Crippen LogP contribution in [0.3, 0.4) is 0 Å². The van der Waals surface area contributed by atoms with Gasteiger partial charge in [0.05, 0.1) is 0 Å². The lowest BCUT2D eigenvalue weighted by Crippen LogP contribution is -2.49. The van der Waals surface area contributed by atoms with Gasteiger partial charge < -0.3 is 15.7 Å². The fraction of sp³-hybridized carbons (Fsp3) is 0.833. The van der Waals surface area contributed by atoms with E-state index in [4.69, 9.17) is 5.11 Å². The van der Waals surface area contributed by atoms with Crippen LogP contribution in [0.15, 0.2) is 0 Å². The van der Waals surface area contributed by atoms with Gasteiger partial charge in [0.15, 0.2) is 0 Å². The number of hydrogen-bond donors (Lipinski definition) is 3. The molecule has 0 bridgehead atoms. The van der Waals surface area contributed by atoms with E-state index >= 15 is 0 Å². The third-order valence-electron chi connectivity index (χ3n) is 3.25. The molecule has 1 aliphatic carbocycles. The number of carboxylic acids is 1. The first kappa shape index (κ1) is 13.8. The molecule has 17 heavy (non-hydrogen) atoms. The van der Waals surface area contributed by atoms with Crippen molar-refractivity contribution in [2.24, 2.45) is 11.8 Å². The van der Waals surface area contributed by atoms with Crippen molar-refractivity contribution in [2.45, 2.75) is 45.6 Å². The van der Waals surface area contributed by atoms with Crippen molar-refractivity contribution in [1.29, 1.82) is 0 Å². The van der Waals surface area contributed by atoms with Gasteiger partial charge in [-0.15, -0.1) is 0 Å². The Hall–Kier alpha value is -1.26. The van der Waals surface area contributed by atoms with E-state index in [0.717, 1.165) is 12.8 Å². The first-order valence-electron chi connectivity index (χ1n) is 6.28. The van der Waals surface area contributed by atoms with Crippen LogP contribution in [-0.4, -0.2) is 29.7 Å². The summed E-state index contributed by atoms with van der Waals surface area (Å²) in [5.74, 6) is -0.552. The van der Waals surface area contributed by atoms with E-state index in [2.05, 4.69) is 10.6 Å². The molecule has 0 radical (unpaired) electrons. The van der Waals surface area contributed by atoms with Gasteiger partial charge in [0.25, 0.3) is 0 Å². The maximum absolute atomic E-state index is 11.5. The third-order valence-corrected chi connectivity index (χ3v) is 3.25. The van der Waals surface area contributed by atoms with Crippen LogP contribution in [0.25, 0.3) is 0 Å². The summed E-state index contributed by atoms with van der Waals surface area (Å²) < 4.78 is 0. The number of rotatable bonds is 5. The lowest BCUT2D eigenvalue weighted by Gasteiger charge is -2.19. The van der Waals surface area contributed by atoms with E-state index in [-0.39, 0.29) is 11.9 Å². The third kappa shape index (κ3) is 4.63. The smallest absolute Gasteiger partial charge is 0.326 e. The number of aliphatic carboxylic acids is 1. The summed E-state index contributed by atoms with van der Waals surface area (Å²) in [6.45, 7) is 4.20. The SMILES string of the molecule is CC(C)C(NC(=O)NCC1CCCC1)C(=O)O. The average Bonchev–Trinajstić information content (AvgIpc) is 2.74. The van der Waals surface area contributed by atoms with E-state index in [9.17, 15) is 9.59 Å². The standard InChI is InChI=1S/C12H22N2O3/c1-8(2)10(11(15)16)14-12(17)13-7-9-5-3-4-6-9/h8-10H,3-7H2,1-2H3,(H,15,16)(H2,13,14,17). The molecule has 1 atom stereocenters. The molecule has 0 spiro atoms. The van der Waals surface area contributed by atoms with Gasteiger partial charge in [0.1, 0.15) is 6.04 Å². The van der Waals surface area contributed by atoms with Crippen LogP contribution in [0.2, 0.25) is 0 Å². The number of nitrogens with one attached hydrogen (secondary N) is 2. The number of urea groups is 1. The summed E-state index contributed by atoms with van der Waals surface area (Å²) in [4.78, 5) is 22.4. The van der Waals surface area contributed by atoms with E-state index in [1.165, 1.54) is 12.8 Å². The Labute approximate surface area is 102 Å². The molecule has 1 unspecified atom stereocenters. The molecule has 0 aromatic carbocycles. The van der Waals surface area contributed by atoms with Crippen molar-refractivity contribution in [3.8, 4) is 0 Å². The number of carboxylic acid groups (broad SMARTS) is 1. The minimum Gasteiger partial charge on any atom is -0.480 e. The highest BCUT2D eigenvalue weighted by Crippen LogP contribution is 2.23. The van der Waals surface area contributed by atoms with Gasteiger partial charge in [-0.2, -0.15) is 0 Å². The van der Waals surface area contributed by atoms with Crippen LogP contribution < -0.4 is 10.6 Å². The molecule has 0 aliphatic heterocycles. The van der Waals surface area contributed by atoms with E-state index in [1.807, 2.05) is 0 Å². The van der Waals surface area contributed by atoms with Crippen molar-refractivity contribution >= 4 is 12.0 Å². The van der Waals surface area contributed by atoms with Crippen LogP contribution in [0.5, 0.6) is 0 Å². The topological polar surface area (TPSA) is 78.4 Å². The highest BCUT2D eigenvalue weighted by atomic mass is 16.4. The van der Waals surface area contributed by atoms with Crippen molar-refractivity contribution in [2.75, 3.05) is 6.54 Å². The Bertz CT molecular complexity index is 273. The van der Waals surface area contributed by atoms with Gasteiger partial charge in [-0.3, -0.25) is 0 Å².